The summed E-state index contributed by atoms with van der Waals surface area (Å²) in [5.41, 5.74) is 3.64. The molecule has 5 nitrogen and oxygen atoms in total. The molecule has 1 aliphatic carbocycles. The Morgan fingerprint density at radius 1 is 1.22 bits per heavy atom. The van der Waals surface area contributed by atoms with Gasteiger partial charge in [0.1, 0.15) is 5.82 Å². The molecule has 1 heterocycles. The molecule has 8 heteroatoms. The number of rotatable bonds is 4. The summed E-state index contributed by atoms with van der Waals surface area (Å²) < 4.78 is 37.3. The maximum absolute atomic E-state index is 12.9. The van der Waals surface area contributed by atoms with Gasteiger partial charge in [0, 0.05) is 4.88 Å². The largest absolute Gasteiger partial charge is 0.276 e. The highest BCUT2D eigenvalue weighted by molar-refractivity contribution is 7.89. The maximum atomic E-state index is 12.9. The number of benzene rings is 1. The number of sulfonamides is 1. The summed E-state index contributed by atoms with van der Waals surface area (Å²) >= 11 is 1.41. The molecule has 0 fully saturated rings. The van der Waals surface area contributed by atoms with Crippen molar-refractivity contribution in [1.82, 2.24) is 10.3 Å². The molecule has 0 bridgehead atoms. The Labute approximate surface area is 163 Å². The number of hydrogen-bond acceptors (Lipinski definition) is 4. The molecule has 0 aliphatic heterocycles. The first-order valence-electron chi connectivity index (χ1n) is 8.75. The van der Waals surface area contributed by atoms with Crippen molar-refractivity contribution in [2.24, 2.45) is 11.3 Å². The minimum atomic E-state index is -3.95. The predicted molar refractivity (Wildman–Crippen MR) is 103 cm³/mol. The van der Waals surface area contributed by atoms with Gasteiger partial charge in [-0.1, -0.05) is 20.8 Å². The van der Waals surface area contributed by atoms with Gasteiger partial charge in [-0.05, 0) is 66.5 Å². The number of hydrogen-bond donors (Lipinski definition) is 2. The van der Waals surface area contributed by atoms with Crippen LogP contribution in [0, 0.1) is 17.2 Å². The first-order chi connectivity index (χ1) is 12.6. The topological polar surface area (TPSA) is 75.3 Å². The van der Waals surface area contributed by atoms with Crippen LogP contribution in [0.3, 0.4) is 0 Å². The Morgan fingerprint density at radius 2 is 1.89 bits per heavy atom. The highest BCUT2D eigenvalue weighted by atomic mass is 32.2. The van der Waals surface area contributed by atoms with Gasteiger partial charge in [0.2, 0.25) is 0 Å². The van der Waals surface area contributed by atoms with E-state index in [0.717, 1.165) is 43.5 Å². The second-order valence-electron chi connectivity index (χ2n) is 7.88. The summed E-state index contributed by atoms with van der Waals surface area (Å²) in [4.78, 5) is 16.0. The number of fused-ring (bicyclic) bond motifs is 1. The summed E-state index contributed by atoms with van der Waals surface area (Å²) in [5.74, 6) is -0.462. The number of nitrogens with one attached hydrogen (secondary N) is 2. The molecule has 2 N–H and O–H groups in total. The summed E-state index contributed by atoms with van der Waals surface area (Å²) in [7, 11) is -3.95. The van der Waals surface area contributed by atoms with Crippen LogP contribution in [-0.2, 0) is 22.9 Å². The van der Waals surface area contributed by atoms with Crippen LogP contribution in [0.2, 0.25) is 0 Å². The minimum absolute atomic E-state index is 0.123. The van der Waals surface area contributed by atoms with Crippen LogP contribution < -0.4 is 10.3 Å². The standard InChI is InChI=1S/C19H23FN2O3S2/c1-19(2,3)13-4-9-16-12(10-13)11-17(26-16)18(23)21-22-27(24,25)15-7-5-14(20)6-8-15/h5-8,11,13,22H,4,9-10H2,1-3H3,(H,21,23)/t13-/m0/s1. The third-order valence-corrected chi connectivity index (χ3v) is 7.45. The lowest BCUT2D eigenvalue weighted by atomic mass is 9.72. The molecule has 1 amide bonds. The average Bonchev–Trinajstić information content (AvgIpc) is 3.02. The lowest BCUT2D eigenvalue weighted by Gasteiger charge is -2.33. The fourth-order valence-electron chi connectivity index (χ4n) is 3.22. The number of halogens is 1. The van der Waals surface area contributed by atoms with Crippen molar-refractivity contribution < 1.29 is 17.6 Å². The van der Waals surface area contributed by atoms with Crippen LogP contribution in [-0.4, -0.2) is 14.3 Å². The summed E-state index contributed by atoms with van der Waals surface area (Å²) in [6.45, 7) is 6.69. The molecule has 0 saturated carbocycles. The van der Waals surface area contributed by atoms with Crippen molar-refractivity contribution in [2.75, 3.05) is 0 Å². The maximum Gasteiger partial charge on any atom is 0.276 e. The Morgan fingerprint density at radius 3 is 2.52 bits per heavy atom. The highest BCUT2D eigenvalue weighted by Gasteiger charge is 2.30. The Kier molecular flexibility index (Phi) is 5.42. The molecule has 1 aliphatic rings. The van der Waals surface area contributed by atoms with E-state index >= 15 is 0 Å². The van der Waals surface area contributed by atoms with E-state index < -0.39 is 21.7 Å². The highest BCUT2D eigenvalue weighted by Crippen LogP contribution is 2.40. The Bertz CT molecular complexity index is 944. The first kappa shape index (κ1) is 20.0. The lowest BCUT2D eigenvalue weighted by molar-refractivity contribution is 0.0949. The zero-order valence-corrected chi connectivity index (χ0v) is 17.1. The molecule has 0 saturated heterocycles. The van der Waals surface area contributed by atoms with E-state index in [1.807, 2.05) is 6.07 Å². The van der Waals surface area contributed by atoms with Crippen LogP contribution in [0.15, 0.2) is 35.2 Å². The zero-order valence-electron chi connectivity index (χ0n) is 15.5. The Hall–Kier alpha value is -1.77. The molecule has 0 spiro atoms. The fourth-order valence-corrected chi connectivity index (χ4v) is 5.17. The van der Waals surface area contributed by atoms with E-state index in [9.17, 15) is 17.6 Å². The van der Waals surface area contributed by atoms with Crippen molar-refractivity contribution in [3.63, 3.8) is 0 Å². The second-order valence-corrected chi connectivity index (χ2v) is 10.7. The monoisotopic (exact) mass is 410 g/mol. The molecule has 1 aromatic carbocycles. The molecule has 1 aromatic heterocycles. The van der Waals surface area contributed by atoms with Crippen LogP contribution in [0.1, 0.15) is 47.3 Å². The van der Waals surface area contributed by atoms with Gasteiger partial charge in [-0.3, -0.25) is 10.2 Å². The molecular weight excluding hydrogens is 387 g/mol. The quantitative estimate of drug-likeness (QED) is 0.756. The van der Waals surface area contributed by atoms with E-state index in [2.05, 4.69) is 31.0 Å². The van der Waals surface area contributed by atoms with E-state index in [-0.39, 0.29) is 10.3 Å². The molecule has 0 unspecified atom stereocenters. The van der Waals surface area contributed by atoms with Gasteiger partial charge in [0.15, 0.2) is 0 Å². The third-order valence-electron chi connectivity index (χ3n) is 4.95. The van der Waals surface area contributed by atoms with Gasteiger partial charge in [0.25, 0.3) is 15.9 Å². The van der Waals surface area contributed by atoms with Crippen molar-refractivity contribution in [3.8, 4) is 0 Å². The fraction of sp³-hybridized carbons (Fsp3) is 0.421. The average molecular weight is 411 g/mol. The number of amides is 1. The van der Waals surface area contributed by atoms with Gasteiger partial charge in [-0.25, -0.2) is 12.8 Å². The van der Waals surface area contributed by atoms with Gasteiger partial charge < -0.3 is 0 Å². The molecule has 146 valence electrons. The van der Waals surface area contributed by atoms with Gasteiger partial charge in [-0.15, -0.1) is 16.2 Å². The molecule has 3 rings (SSSR count). The lowest BCUT2D eigenvalue weighted by Crippen LogP contribution is -2.41. The van der Waals surface area contributed by atoms with Crippen LogP contribution in [0.4, 0.5) is 4.39 Å². The smallest absolute Gasteiger partial charge is 0.273 e. The third kappa shape index (κ3) is 4.56. The number of hydrazine groups is 1. The SMILES string of the molecule is CC(C)(C)[C@H]1CCc2sc(C(=O)NNS(=O)(=O)c3ccc(F)cc3)cc2C1. The van der Waals surface area contributed by atoms with Gasteiger partial charge in [-0.2, -0.15) is 0 Å². The van der Waals surface area contributed by atoms with Crippen LogP contribution >= 0.6 is 11.3 Å². The summed E-state index contributed by atoms with van der Waals surface area (Å²) in [6.07, 6.45) is 2.97. The number of aryl methyl sites for hydroxylation is 1. The molecular formula is C19H23FN2O3S2. The van der Waals surface area contributed by atoms with E-state index in [4.69, 9.17) is 0 Å². The van der Waals surface area contributed by atoms with E-state index in [0.29, 0.717) is 10.8 Å². The van der Waals surface area contributed by atoms with Crippen LogP contribution in [0.5, 0.6) is 0 Å². The predicted octanol–water partition coefficient (Wildman–Crippen LogP) is 3.66. The number of carbonyl (C=O) groups excluding carboxylic acids is 1. The van der Waals surface area contributed by atoms with Gasteiger partial charge >= 0.3 is 0 Å². The minimum Gasteiger partial charge on any atom is -0.273 e. The summed E-state index contributed by atoms with van der Waals surface area (Å²) in [6, 6.07) is 6.24. The van der Waals surface area contributed by atoms with Crippen molar-refractivity contribution >= 4 is 27.3 Å². The number of thiophene rings is 1. The summed E-state index contributed by atoms with van der Waals surface area (Å²) in [5, 5.41) is 0. The number of carbonyl (C=O) groups is 1. The molecule has 1 atom stereocenters. The van der Waals surface area contributed by atoms with E-state index in [1.54, 1.807) is 0 Å². The molecule has 27 heavy (non-hydrogen) atoms. The van der Waals surface area contributed by atoms with Crippen molar-refractivity contribution in [2.45, 2.75) is 44.9 Å². The molecule has 2 aromatic rings. The zero-order chi connectivity index (χ0) is 19.8. The van der Waals surface area contributed by atoms with Crippen LogP contribution in [0.25, 0.3) is 0 Å². The first-order valence-corrected chi connectivity index (χ1v) is 11.1. The van der Waals surface area contributed by atoms with Crippen molar-refractivity contribution in [1.29, 1.82) is 0 Å². The van der Waals surface area contributed by atoms with Gasteiger partial charge in [0.05, 0.1) is 9.77 Å². The normalized spacial score (nSPS) is 17.4. The second kappa shape index (κ2) is 7.33. The van der Waals surface area contributed by atoms with E-state index in [1.165, 1.54) is 21.8 Å². The van der Waals surface area contributed by atoms with Crippen molar-refractivity contribution in [3.05, 3.63) is 51.5 Å². The molecule has 0 radical (unpaired) electrons. The Balaban J connectivity index is 1.67.